The van der Waals surface area contributed by atoms with Crippen LogP contribution in [0.5, 0.6) is 0 Å². The van der Waals surface area contributed by atoms with Gasteiger partial charge in [0.25, 0.3) is 0 Å². The fourth-order valence-electron chi connectivity index (χ4n) is 0.894. The minimum absolute atomic E-state index is 0. The predicted molar refractivity (Wildman–Crippen MR) is 115 cm³/mol. The van der Waals surface area contributed by atoms with E-state index in [4.69, 9.17) is 0 Å². The molecular formula is C16H40O8P4Zn2. The molecule has 0 saturated carbocycles. The zero-order chi connectivity index (χ0) is 23.7. The van der Waals surface area contributed by atoms with E-state index in [1.165, 1.54) is 0 Å². The SMILES string of the molecule is CCP(=O)([O-])CC.CCP(=O)([O-])CC.CCP(=O)([O-])CC.CCP(=O)([O-])CC.[Zn+2].[Zn+2]. The van der Waals surface area contributed by atoms with Gasteiger partial charge in [-0.2, -0.15) is 0 Å². The monoisotopic (exact) mass is 612 g/mol. The van der Waals surface area contributed by atoms with Gasteiger partial charge in [0, 0.05) is 29.5 Å². The standard InChI is InChI=1S/4C4H11O2P.2Zn/c4*1-3-7(5,6)4-2;;/h4*3-4H2,1-2H3,(H,5,6);;/q;;;;2*+2/p-4. The predicted octanol–water partition coefficient (Wildman–Crippen LogP) is 2.65. The molecule has 0 aromatic rings. The summed E-state index contributed by atoms with van der Waals surface area (Å²) in [5.41, 5.74) is 0. The van der Waals surface area contributed by atoms with Gasteiger partial charge in [0.2, 0.25) is 0 Å². The first kappa shape index (κ1) is 45.5. The van der Waals surface area contributed by atoms with E-state index in [1.807, 2.05) is 0 Å². The molecule has 0 aliphatic rings. The minimum Gasteiger partial charge on any atom is -0.799 e. The van der Waals surface area contributed by atoms with Gasteiger partial charge in [-0.15, -0.1) is 0 Å². The molecule has 0 unspecified atom stereocenters. The molecule has 0 atom stereocenters. The van der Waals surface area contributed by atoms with Gasteiger partial charge in [-0.3, -0.25) is 0 Å². The van der Waals surface area contributed by atoms with Crippen molar-refractivity contribution in [1.29, 1.82) is 0 Å². The van der Waals surface area contributed by atoms with E-state index in [-0.39, 0.29) is 39.0 Å². The summed E-state index contributed by atoms with van der Waals surface area (Å²) in [6.45, 7) is 13.3. The Morgan fingerprint density at radius 2 is 0.433 bits per heavy atom. The van der Waals surface area contributed by atoms with Crippen molar-refractivity contribution in [3.63, 3.8) is 0 Å². The summed E-state index contributed by atoms with van der Waals surface area (Å²) in [6.07, 6.45) is 2.36. The molecule has 0 heterocycles. The third-order valence-electron chi connectivity index (χ3n) is 3.85. The van der Waals surface area contributed by atoms with Crippen LogP contribution >= 0.6 is 29.5 Å². The van der Waals surface area contributed by atoms with Gasteiger partial charge in [0.1, 0.15) is 0 Å². The van der Waals surface area contributed by atoms with Crippen LogP contribution in [0.2, 0.25) is 0 Å². The van der Waals surface area contributed by atoms with Crippen molar-refractivity contribution >= 4 is 29.5 Å². The molecule has 0 aromatic carbocycles. The summed E-state index contributed by atoms with van der Waals surface area (Å²) in [6, 6.07) is 0. The molecule has 0 aliphatic carbocycles. The summed E-state index contributed by atoms with van der Waals surface area (Å²) < 4.78 is 41.6. The molecule has 0 amide bonds. The Bertz CT molecular complexity index is 433. The molecule has 30 heavy (non-hydrogen) atoms. The van der Waals surface area contributed by atoms with Crippen LogP contribution < -0.4 is 19.6 Å². The Hall–Kier alpha value is 2.01. The van der Waals surface area contributed by atoms with E-state index < -0.39 is 29.5 Å². The van der Waals surface area contributed by atoms with E-state index in [0.29, 0.717) is 49.3 Å². The van der Waals surface area contributed by atoms with Crippen molar-refractivity contribution in [2.45, 2.75) is 55.4 Å². The van der Waals surface area contributed by atoms with Crippen LogP contribution in [0.1, 0.15) is 55.4 Å². The molecule has 176 valence electrons. The van der Waals surface area contributed by atoms with Crippen LogP contribution in [-0.2, 0) is 57.2 Å². The molecule has 8 nitrogen and oxygen atoms in total. The fourth-order valence-corrected chi connectivity index (χ4v) is 2.68. The Morgan fingerprint density at radius 1 is 0.367 bits per heavy atom. The second-order valence-corrected chi connectivity index (χ2v) is 17.4. The van der Waals surface area contributed by atoms with E-state index in [9.17, 15) is 37.8 Å². The molecule has 0 spiro atoms. The number of hydrogen-bond acceptors (Lipinski definition) is 8. The zero-order valence-corrected chi connectivity index (χ0v) is 29.6. The Kier molecular flexibility index (Phi) is 36.6. The third kappa shape index (κ3) is 37.3. The minimum atomic E-state index is -2.90. The zero-order valence-electron chi connectivity index (χ0n) is 20.1. The van der Waals surface area contributed by atoms with E-state index >= 15 is 0 Å². The van der Waals surface area contributed by atoms with Crippen molar-refractivity contribution in [2.75, 3.05) is 49.3 Å². The Morgan fingerprint density at radius 3 is 0.433 bits per heavy atom. The van der Waals surface area contributed by atoms with E-state index in [0.717, 1.165) is 0 Å². The van der Waals surface area contributed by atoms with Gasteiger partial charge in [0.15, 0.2) is 0 Å². The van der Waals surface area contributed by atoms with Crippen molar-refractivity contribution in [3.05, 3.63) is 0 Å². The van der Waals surface area contributed by atoms with Gasteiger partial charge in [-0.25, -0.2) is 0 Å². The van der Waals surface area contributed by atoms with E-state index in [2.05, 4.69) is 0 Å². The van der Waals surface area contributed by atoms with Crippen molar-refractivity contribution in [1.82, 2.24) is 0 Å². The summed E-state index contributed by atoms with van der Waals surface area (Å²) in [5.74, 6) is 0. The maximum Gasteiger partial charge on any atom is 2.00 e. The molecular weight excluding hydrogens is 575 g/mol. The summed E-state index contributed by atoms with van der Waals surface area (Å²) >= 11 is 0. The molecule has 0 radical (unpaired) electrons. The molecule has 0 bridgehead atoms. The average molecular weight is 615 g/mol. The van der Waals surface area contributed by atoms with Crippen molar-refractivity contribution < 1.29 is 76.8 Å². The molecule has 0 aromatic heterocycles. The molecule has 0 N–H and O–H groups in total. The van der Waals surface area contributed by atoms with Crippen LogP contribution in [-0.4, -0.2) is 49.3 Å². The smallest absolute Gasteiger partial charge is 0.799 e. The first-order chi connectivity index (χ1) is 12.5. The fraction of sp³-hybridized carbons (Fsp3) is 1.00. The third-order valence-corrected chi connectivity index (χ3v) is 11.6. The maximum absolute atomic E-state index is 10.4. The molecule has 0 saturated heterocycles. The number of rotatable bonds is 8. The van der Waals surface area contributed by atoms with Crippen LogP contribution in [0, 0.1) is 0 Å². The van der Waals surface area contributed by atoms with Gasteiger partial charge in [-0.05, 0) is 49.3 Å². The molecule has 0 aliphatic heterocycles. The van der Waals surface area contributed by atoms with Crippen LogP contribution in [0.25, 0.3) is 0 Å². The van der Waals surface area contributed by atoms with Gasteiger partial charge in [0.05, 0.1) is 0 Å². The van der Waals surface area contributed by atoms with Gasteiger partial charge >= 0.3 is 39.0 Å². The Balaban J connectivity index is -0.0000000626. The molecule has 0 rings (SSSR count). The van der Waals surface area contributed by atoms with E-state index in [1.54, 1.807) is 55.4 Å². The normalized spacial score (nSPS) is 11.1. The quantitative estimate of drug-likeness (QED) is 0.298. The average Bonchev–Trinajstić information content (AvgIpc) is 2.69. The molecule has 14 heteroatoms. The Labute approximate surface area is 210 Å². The maximum atomic E-state index is 10.4. The van der Waals surface area contributed by atoms with Crippen LogP contribution in [0.3, 0.4) is 0 Å². The summed E-state index contributed by atoms with van der Waals surface area (Å²) in [4.78, 5) is 41.6. The number of hydrogen-bond donors (Lipinski definition) is 0. The molecule has 0 fully saturated rings. The first-order valence-electron chi connectivity index (χ1n) is 9.65. The topological polar surface area (TPSA) is 161 Å². The first-order valence-corrected chi connectivity index (χ1v) is 17.6. The largest absolute Gasteiger partial charge is 2.00 e. The van der Waals surface area contributed by atoms with Gasteiger partial charge < -0.3 is 37.8 Å². The summed E-state index contributed by atoms with van der Waals surface area (Å²) in [7, 11) is -11.6. The van der Waals surface area contributed by atoms with Crippen molar-refractivity contribution in [3.8, 4) is 0 Å². The van der Waals surface area contributed by atoms with Crippen LogP contribution in [0.4, 0.5) is 0 Å². The second-order valence-electron chi connectivity index (χ2n) is 5.79. The van der Waals surface area contributed by atoms with Crippen molar-refractivity contribution in [2.24, 2.45) is 0 Å². The van der Waals surface area contributed by atoms with Gasteiger partial charge in [-0.1, -0.05) is 55.4 Å². The summed E-state index contributed by atoms with van der Waals surface area (Å²) in [5, 5.41) is 0. The van der Waals surface area contributed by atoms with Crippen LogP contribution in [0.15, 0.2) is 0 Å². The second kappa shape index (κ2) is 24.1.